The van der Waals surface area contributed by atoms with Gasteiger partial charge >= 0.3 is 0 Å². The van der Waals surface area contributed by atoms with E-state index in [0.29, 0.717) is 10.8 Å². The molecule has 1 aromatic carbocycles. The Hall–Kier alpha value is -1.31. The van der Waals surface area contributed by atoms with Crippen LogP contribution in [0.15, 0.2) is 29.3 Å². The van der Waals surface area contributed by atoms with Crippen LogP contribution in [0, 0.1) is 0 Å². The van der Waals surface area contributed by atoms with Crippen LogP contribution in [0.3, 0.4) is 0 Å². The quantitative estimate of drug-likeness (QED) is 0.584. The molecular weight excluding hydrogens is 214 g/mol. The first kappa shape index (κ1) is 11.8. The number of benzene rings is 1. The van der Waals surface area contributed by atoms with E-state index in [0.717, 1.165) is 0 Å². The van der Waals surface area contributed by atoms with Crippen LogP contribution in [0.1, 0.15) is 13.8 Å². The Labute approximate surface area is 93.7 Å². The maximum Gasteiger partial charge on any atom is 0.235 e. The molecule has 15 heavy (non-hydrogen) atoms. The molecule has 0 unspecified atom stereocenters. The van der Waals surface area contributed by atoms with Gasteiger partial charge in [0.1, 0.15) is 17.9 Å². The first-order valence-corrected chi connectivity index (χ1v) is 4.89. The molecule has 0 aromatic heterocycles. The van der Waals surface area contributed by atoms with Crippen LogP contribution >= 0.6 is 11.6 Å². The number of isocyanates is 1. The smallest absolute Gasteiger partial charge is 0.235 e. The van der Waals surface area contributed by atoms with Crippen molar-refractivity contribution in [3.8, 4) is 5.75 Å². The maximum atomic E-state index is 10.1. The van der Waals surface area contributed by atoms with Crippen LogP contribution in [0.5, 0.6) is 5.75 Å². The summed E-state index contributed by atoms with van der Waals surface area (Å²) in [6.07, 6.45) is 1.52. The highest BCUT2D eigenvalue weighted by Crippen LogP contribution is 2.24. The zero-order valence-electron chi connectivity index (χ0n) is 8.66. The van der Waals surface area contributed by atoms with E-state index in [1.807, 2.05) is 12.1 Å². The molecule has 0 heterocycles. The second-order valence-corrected chi connectivity index (χ2v) is 4.14. The van der Waals surface area contributed by atoms with E-state index in [4.69, 9.17) is 16.3 Å². The number of nitrogens with zero attached hydrogens (tertiary/aromatic N) is 1. The average Bonchev–Trinajstić information content (AvgIpc) is 2.16. The van der Waals surface area contributed by atoms with Crippen molar-refractivity contribution < 1.29 is 9.53 Å². The second kappa shape index (κ2) is 4.96. The third kappa shape index (κ3) is 3.74. The summed E-state index contributed by atoms with van der Waals surface area (Å²) in [5, 5.41) is 0.545. The highest BCUT2D eigenvalue weighted by molar-refractivity contribution is 6.32. The molecular formula is C11H12ClNO2. The standard InChI is InChI=1S/C11H12ClNO2/c1-11(2,13-8-14)7-15-10-6-4-3-5-9(10)12/h3-6H,7H2,1-2H3. The lowest BCUT2D eigenvalue weighted by Gasteiger charge is -2.18. The average molecular weight is 226 g/mol. The van der Waals surface area contributed by atoms with Gasteiger partial charge in [-0.05, 0) is 26.0 Å². The fourth-order valence-electron chi connectivity index (χ4n) is 0.972. The molecule has 0 spiro atoms. The van der Waals surface area contributed by atoms with Crippen molar-refractivity contribution in [3.05, 3.63) is 29.3 Å². The number of hydrogen-bond acceptors (Lipinski definition) is 3. The Bertz CT molecular complexity index is 384. The van der Waals surface area contributed by atoms with Gasteiger partial charge in [0, 0.05) is 0 Å². The van der Waals surface area contributed by atoms with Crippen molar-refractivity contribution in [2.75, 3.05) is 6.61 Å². The summed E-state index contributed by atoms with van der Waals surface area (Å²) in [5.41, 5.74) is -0.582. The Morgan fingerprint density at radius 1 is 1.47 bits per heavy atom. The third-order valence-electron chi connectivity index (χ3n) is 1.77. The normalized spacial score (nSPS) is 10.6. The van der Waals surface area contributed by atoms with E-state index >= 15 is 0 Å². The molecule has 0 bridgehead atoms. The zero-order chi connectivity index (χ0) is 11.3. The van der Waals surface area contributed by atoms with Crippen molar-refractivity contribution >= 4 is 17.7 Å². The van der Waals surface area contributed by atoms with E-state index in [9.17, 15) is 4.79 Å². The van der Waals surface area contributed by atoms with E-state index in [1.54, 1.807) is 26.0 Å². The number of para-hydroxylation sites is 1. The van der Waals surface area contributed by atoms with Gasteiger partial charge < -0.3 is 4.74 Å². The van der Waals surface area contributed by atoms with Crippen LogP contribution in [0.2, 0.25) is 5.02 Å². The minimum Gasteiger partial charge on any atom is -0.489 e. The number of carbonyl (C=O) groups excluding carboxylic acids is 1. The summed E-state index contributed by atoms with van der Waals surface area (Å²) in [4.78, 5) is 13.8. The fraction of sp³-hybridized carbons (Fsp3) is 0.364. The SMILES string of the molecule is CC(C)(COc1ccccc1Cl)N=C=O. The highest BCUT2D eigenvalue weighted by atomic mass is 35.5. The molecule has 3 nitrogen and oxygen atoms in total. The van der Waals surface area contributed by atoms with Gasteiger partial charge in [-0.15, -0.1) is 0 Å². The van der Waals surface area contributed by atoms with Gasteiger partial charge in [0.25, 0.3) is 0 Å². The van der Waals surface area contributed by atoms with Crippen LogP contribution < -0.4 is 4.74 Å². The predicted molar refractivity (Wildman–Crippen MR) is 59.1 cm³/mol. The van der Waals surface area contributed by atoms with Crippen LogP contribution in [-0.2, 0) is 4.79 Å². The van der Waals surface area contributed by atoms with Crippen molar-refractivity contribution in [2.24, 2.45) is 4.99 Å². The van der Waals surface area contributed by atoms with Crippen molar-refractivity contribution in [2.45, 2.75) is 19.4 Å². The zero-order valence-corrected chi connectivity index (χ0v) is 9.41. The molecule has 0 aliphatic rings. The molecule has 0 saturated carbocycles. The lowest BCUT2D eigenvalue weighted by Crippen LogP contribution is -2.26. The minimum absolute atomic E-state index is 0.284. The summed E-state index contributed by atoms with van der Waals surface area (Å²) in [5.74, 6) is 0.591. The fourth-order valence-corrected chi connectivity index (χ4v) is 1.16. The number of halogens is 1. The number of rotatable bonds is 4. The van der Waals surface area contributed by atoms with E-state index < -0.39 is 5.54 Å². The van der Waals surface area contributed by atoms with E-state index in [-0.39, 0.29) is 6.61 Å². The number of hydrogen-bond donors (Lipinski definition) is 0. The van der Waals surface area contributed by atoms with Crippen molar-refractivity contribution in [1.29, 1.82) is 0 Å². The third-order valence-corrected chi connectivity index (χ3v) is 2.08. The van der Waals surface area contributed by atoms with Gasteiger partial charge in [-0.25, -0.2) is 4.79 Å². The predicted octanol–water partition coefficient (Wildman–Crippen LogP) is 2.83. The molecule has 0 fully saturated rings. The van der Waals surface area contributed by atoms with E-state index in [2.05, 4.69) is 4.99 Å². The summed E-state index contributed by atoms with van der Waals surface area (Å²) < 4.78 is 5.45. The summed E-state index contributed by atoms with van der Waals surface area (Å²) in [6.45, 7) is 3.86. The molecule has 4 heteroatoms. The van der Waals surface area contributed by atoms with Gasteiger partial charge in [0.15, 0.2) is 0 Å². The van der Waals surface area contributed by atoms with Gasteiger partial charge in [0.2, 0.25) is 6.08 Å². The molecule has 0 aliphatic heterocycles. The maximum absolute atomic E-state index is 10.1. The number of ether oxygens (including phenoxy) is 1. The van der Waals surface area contributed by atoms with Gasteiger partial charge in [0.05, 0.1) is 5.02 Å². The Morgan fingerprint density at radius 3 is 2.73 bits per heavy atom. The molecule has 0 atom stereocenters. The lowest BCUT2D eigenvalue weighted by molar-refractivity contribution is 0.244. The lowest BCUT2D eigenvalue weighted by atomic mass is 10.1. The van der Waals surface area contributed by atoms with Crippen LogP contribution in [0.25, 0.3) is 0 Å². The first-order chi connectivity index (χ1) is 7.05. The van der Waals surface area contributed by atoms with Crippen LogP contribution in [0.4, 0.5) is 0 Å². The van der Waals surface area contributed by atoms with Crippen LogP contribution in [-0.4, -0.2) is 18.2 Å². The summed E-state index contributed by atoms with van der Waals surface area (Å²) >= 11 is 5.90. The monoisotopic (exact) mass is 225 g/mol. The molecule has 80 valence electrons. The summed E-state index contributed by atoms with van der Waals surface area (Å²) in [6, 6.07) is 7.16. The minimum atomic E-state index is -0.582. The van der Waals surface area contributed by atoms with Gasteiger partial charge in [-0.3, -0.25) is 0 Å². The van der Waals surface area contributed by atoms with Crippen molar-refractivity contribution in [1.82, 2.24) is 0 Å². The molecule has 0 aliphatic carbocycles. The first-order valence-electron chi connectivity index (χ1n) is 4.51. The highest BCUT2D eigenvalue weighted by Gasteiger charge is 2.17. The Kier molecular flexibility index (Phi) is 3.89. The topological polar surface area (TPSA) is 38.7 Å². The molecule has 0 amide bonds. The Morgan fingerprint density at radius 2 is 2.13 bits per heavy atom. The van der Waals surface area contributed by atoms with Crippen molar-refractivity contribution in [3.63, 3.8) is 0 Å². The second-order valence-electron chi connectivity index (χ2n) is 3.73. The summed E-state index contributed by atoms with van der Waals surface area (Å²) in [7, 11) is 0. The Balaban J connectivity index is 2.65. The molecule has 1 aromatic rings. The molecule has 0 N–H and O–H groups in total. The molecule has 0 saturated heterocycles. The van der Waals surface area contributed by atoms with Gasteiger partial charge in [-0.1, -0.05) is 23.7 Å². The number of aliphatic imine (C=N–C) groups is 1. The largest absolute Gasteiger partial charge is 0.489 e. The van der Waals surface area contributed by atoms with E-state index in [1.165, 1.54) is 6.08 Å². The molecule has 1 rings (SSSR count). The molecule has 0 radical (unpaired) electrons. The van der Waals surface area contributed by atoms with Gasteiger partial charge in [-0.2, -0.15) is 4.99 Å².